The molecule has 2 aromatic carbocycles. The van der Waals surface area contributed by atoms with E-state index in [2.05, 4.69) is 15.1 Å². The Balaban J connectivity index is 1.81. The quantitative estimate of drug-likeness (QED) is 0.555. The smallest absolute Gasteiger partial charge is 0.196 e. The van der Waals surface area contributed by atoms with Gasteiger partial charge in [-0.25, -0.2) is 0 Å². The van der Waals surface area contributed by atoms with Crippen LogP contribution < -0.4 is 16.0 Å². The van der Waals surface area contributed by atoms with Crippen LogP contribution in [0.5, 0.6) is 0 Å². The number of ketones is 2. The summed E-state index contributed by atoms with van der Waals surface area (Å²) in [4.78, 5) is 31.0. The van der Waals surface area contributed by atoms with Crippen molar-refractivity contribution in [3.63, 3.8) is 0 Å². The van der Waals surface area contributed by atoms with Gasteiger partial charge in [-0.1, -0.05) is 24.3 Å². The highest BCUT2D eigenvalue weighted by atomic mass is 16.3. The Hall–Kier alpha value is -2.90. The maximum Gasteiger partial charge on any atom is 0.196 e. The molecular formula is C23H28N4O3. The lowest BCUT2D eigenvalue weighted by Crippen LogP contribution is -2.47. The molecule has 0 spiro atoms. The lowest BCUT2D eigenvalue weighted by molar-refractivity contribution is 0.0980. The van der Waals surface area contributed by atoms with Gasteiger partial charge in [-0.3, -0.25) is 14.5 Å². The molecule has 0 radical (unpaired) electrons. The Labute approximate surface area is 176 Å². The third kappa shape index (κ3) is 3.44. The molecule has 4 N–H and O–H groups in total. The van der Waals surface area contributed by atoms with Crippen LogP contribution in [0.1, 0.15) is 45.7 Å². The fraction of sp³-hybridized carbons (Fsp3) is 0.391. The molecule has 1 aliphatic heterocycles. The summed E-state index contributed by atoms with van der Waals surface area (Å²) in [5, 5.41) is 12.5. The van der Waals surface area contributed by atoms with E-state index in [0.29, 0.717) is 40.2 Å². The number of rotatable bonds is 5. The molecule has 158 valence electrons. The Morgan fingerprint density at radius 2 is 1.63 bits per heavy atom. The van der Waals surface area contributed by atoms with Crippen LogP contribution in [0.25, 0.3) is 0 Å². The zero-order valence-corrected chi connectivity index (χ0v) is 17.4. The van der Waals surface area contributed by atoms with E-state index in [4.69, 9.17) is 5.73 Å². The van der Waals surface area contributed by atoms with Crippen LogP contribution in [0.4, 0.5) is 17.1 Å². The average molecular weight is 409 g/mol. The van der Waals surface area contributed by atoms with Gasteiger partial charge >= 0.3 is 0 Å². The first-order valence-electron chi connectivity index (χ1n) is 10.4. The fourth-order valence-corrected chi connectivity index (χ4v) is 4.34. The first-order chi connectivity index (χ1) is 14.4. The lowest BCUT2D eigenvalue weighted by Gasteiger charge is -2.37. The second-order valence-corrected chi connectivity index (χ2v) is 8.16. The number of benzene rings is 2. The Kier molecular flexibility index (Phi) is 5.49. The molecule has 0 amide bonds. The third-order valence-corrected chi connectivity index (χ3v) is 5.79. The van der Waals surface area contributed by atoms with Crippen LogP contribution in [0.2, 0.25) is 0 Å². The molecule has 2 aromatic rings. The van der Waals surface area contributed by atoms with Crippen molar-refractivity contribution in [3.05, 3.63) is 52.6 Å². The SMILES string of the molecule is CC(C)Nc1cc(N2CCN(CCO)CC2)c(N)c2c1C(=O)c1ccccc1C2=O. The van der Waals surface area contributed by atoms with E-state index in [1.165, 1.54) is 0 Å². The summed E-state index contributed by atoms with van der Waals surface area (Å²) in [5.74, 6) is -0.375. The van der Waals surface area contributed by atoms with Gasteiger partial charge in [0.25, 0.3) is 0 Å². The number of anilines is 3. The number of piperazine rings is 1. The van der Waals surface area contributed by atoms with Gasteiger partial charge in [-0.15, -0.1) is 0 Å². The number of hydrogen-bond donors (Lipinski definition) is 3. The predicted molar refractivity (Wildman–Crippen MR) is 119 cm³/mol. The number of nitrogens with zero attached hydrogens (tertiary/aromatic N) is 2. The largest absolute Gasteiger partial charge is 0.396 e. The van der Waals surface area contributed by atoms with Crippen molar-refractivity contribution in [2.45, 2.75) is 19.9 Å². The highest BCUT2D eigenvalue weighted by Gasteiger charge is 2.35. The van der Waals surface area contributed by atoms with Gasteiger partial charge in [-0.05, 0) is 19.9 Å². The van der Waals surface area contributed by atoms with Gasteiger partial charge < -0.3 is 21.1 Å². The van der Waals surface area contributed by atoms with Crippen molar-refractivity contribution < 1.29 is 14.7 Å². The van der Waals surface area contributed by atoms with Crippen LogP contribution >= 0.6 is 0 Å². The van der Waals surface area contributed by atoms with E-state index in [1.54, 1.807) is 24.3 Å². The fourth-order valence-electron chi connectivity index (χ4n) is 4.34. The second-order valence-electron chi connectivity index (χ2n) is 8.16. The Bertz CT molecular complexity index is 994. The van der Waals surface area contributed by atoms with Gasteiger partial charge in [0.1, 0.15) is 0 Å². The first kappa shape index (κ1) is 20.4. The molecular weight excluding hydrogens is 380 g/mol. The maximum atomic E-state index is 13.4. The van der Waals surface area contributed by atoms with Gasteiger partial charge in [0, 0.05) is 55.6 Å². The highest BCUT2D eigenvalue weighted by Crippen LogP contribution is 2.41. The van der Waals surface area contributed by atoms with Crippen LogP contribution in [-0.4, -0.2) is 66.9 Å². The molecule has 0 aromatic heterocycles. The van der Waals surface area contributed by atoms with Gasteiger partial charge in [0.05, 0.1) is 29.1 Å². The van der Waals surface area contributed by atoms with Crippen molar-refractivity contribution in [3.8, 4) is 0 Å². The number of carbonyl (C=O) groups is 2. The molecule has 2 aliphatic rings. The number of aliphatic hydroxyl groups is 1. The van der Waals surface area contributed by atoms with E-state index in [9.17, 15) is 14.7 Å². The van der Waals surface area contributed by atoms with Gasteiger partial charge in [0.2, 0.25) is 0 Å². The van der Waals surface area contributed by atoms with E-state index < -0.39 is 0 Å². The van der Waals surface area contributed by atoms with Crippen LogP contribution in [-0.2, 0) is 0 Å². The zero-order valence-electron chi connectivity index (χ0n) is 17.4. The molecule has 4 rings (SSSR count). The van der Waals surface area contributed by atoms with E-state index in [1.807, 2.05) is 19.9 Å². The molecule has 0 bridgehead atoms. The predicted octanol–water partition coefficient (Wildman–Crippen LogP) is 1.98. The van der Waals surface area contributed by atoms with Crippen molar-refractivity contribution in [1.29, 1.82) is 0 Å². The van der Waals surface area contributed by atoms with Crippen molar-refractivity contribution in [1.82, 2.24) is 4.90 Å². The number of hydrogen-bond acceptors (Lipinski definition) is 7. The van der Waals surface area contributed by atoms with E-state index in [0.717, 1.165) is 31.9 Å². The molecule has 7 nitrogen and oxygen atoms in total. The highest BCUT2D eigenvalue weighted by molar-refractivity contribution is 6.32. The van der Waals surface area contributed by atoms with Crippen LogP contribution in [0.3, 0.4) is 0 Å². The molecule has 0 unspecified atom stereocenters. The normalized spacial score (nSPS) is 16.6. The molecule has 1 fully saturated rings. The summed E-state index contributed by atoms with van der Waals surface area (Å²) in [6, 6.07) is 8.92. The summed E-state index contributed by atoms with van der Waals surface area (Å²) >= 11 is 0. The number of fused-ring (bicyclic) bond motifs is 2. The molecule has 30 heavy (non-hydrogen) atoms. The van der Waals surface area contributed by atoms with Gasteiger partial charge in [0.15, 0.2) is 11.6 Å². The summed E-state index contributed by atoms with van der Waals surface area (Å²) < 4.78 is 0. The van der Waals surface area contributed by atoms with Crippen molar-refractivity contribution in [2.24, 2.45) is 0 Å². The monoisotopic (exact) mass is 408 g/mol. The van der Waals surface area contributed by atoms with Crippen LogP contribution in [0.15, 0.2) is 30.3 Å². The number of nitrogens with two attached hydrogens (primary N) is 1. The number of nitrogens with one attached hydrogen (secondary N) is 1. The topological polar surface area (TPSA) is 98.9 Å². The molecule has 0 atom stereocenters. The number of nitrogen functional groups attached to an aromatic ring is 1. The standard InChI is InChI=1S/C23H28N4O3/c1-14(2)25-17-13-18(27-9-7-26(8-10-27)11-12-28)21(24)20-19(17)22(29)15-5-3-4-6-16(15)23(20)30/h3-6,13-14,25,28H,7-12,24H2,1-2H3. The third-order valence-electron chi connectivity index (χ3n) is 5.79. The Morgan fingerprint density at radius 1 is 1.03 bits per heavy atom. The summed E-state index contributed by atoms with van der Waals surface area (Å²) in [5.41, 5.74) is 9.83. The second kappa shape index (κ2) is 8.08. The summed E-state index contributed by atoms with van der Waals surface area (Å²) in [7, 11) is 0. The molecule has 1 heterocycles. The Morgan fingerprint density at radius 3 is 2.20 bits per heavy atom. The van der Waals surface area contributed by atoms with Crippen molar-refractivity contribution >= 4 is 28.6 Å². The lowest BCUT2D eigenvalue weighted by atomic mass is 9.81. The van der Waals surface area contributed by atoms with E-state index in [-0.39, 0.29) is 24.2 Å². The maximum absolute atomic E-state index is 13.4. The molecule has 1 aliphatic carbocycles. The summed E-state index contributed by atoms with van der Waals surface area (Å²) in [6.07, 6.45) is 0. The molecule has 7 heteroatoms. The number of β-amino-alcohol motifs (C(OH)–C–C–N with tert-alkyl or cyclic N) is 1. The first-order valence-corrected chi connectivity index (χ1v) is 10.4. The average Bonchev–Trinajstić information content (AvgIpc) is 2.73. The van der Waals surface area contributed by atoms with Crippen LogP contribution in [0, 0.1) is 0 Å². The minimum Gasteiger partial charge on any atom is -0.396 e. The van der Waals surface area contributed by atoms with E-state index >= 15 is 0 Å². The minimum atomic E-state index is -0.203. The minimum absolute atomic E-state index is 0.0899. The number of aliphatic hydroxyl groups excluding tert-OH is 1. The molecule has 0 saturated carbocycles. The zero-order chi connectivity index (χ0) is 21.4. The van der Waals surface area contributed by atoms with Gasteiger partial charge in [-0.2, -0.15) is 0 Å². The number of carbonyl (C=O) groups excluding carboxylic acids is 2. The van der Waals surface area contributed by atoms with Crippen molar-refractivity contribution in [2.75, 3.05) is 55.3 Å². The molecule has 1 saturated heterocycles. The summed E-state index contributed by atoms with van der Waals surface area (Å²) in [6.45, 7) is 7.88.